The number of hydrogen-bond donors (Lipinski definition) is 2. The number of carbonyl (C=O) groups excluding carboxylic acids is 1. The molecular weight excluding hydrogens is 164 g/mol. The van der Waals surface area contributed by atoms with Gasteiger partial charge in [0, 0.05) is 6.54 Å². The Kier molecular flexibility index (Phi) is 2.54. The molecule has 3 heteroatoms. The van der Waals surface area contributed by atoms with E-state index >= 15 is 0 Å². The van der Waals surface area contributed by atoms with Gasteiger partial charge in [-0.05, 0) is 45.2 Å². The zero-order chi connectivity index (χ0) is 9.15. The van der Waals surface area contributed by atoms with Crippen LogP contribution in [0.5, 0.6) is 0 Å². The van der Waals surface area contributed by atoms with Crippen LogP contribution in [0.4, 0.5) is 0 Å². The molecule has 0 aromatic carbocycles. The second-order valence-corrected chi connectivity index (χ2v) is 4.24. The van der Waals surface area contributed by atoms with Crippen molar-refractivity contribution in [2.75, 3.05) is 19.6 Å². The molecule has 2 aliphatic rings. The minimum atomic E-state index is -0.0122. The molecule has 2 heterocycles. The molecule has 0 aromatic rings. The van der Waals surface area contributed by atoms with Crippen molar-refractivity contribution in [2.24, 2.45) is 5.41 Å². The van der Waals surface area contributed by atoms with Crippen molar-refractivity contribution in [3.05, 3.63) is 0 Å². The van der Waals surface area contributed by atoms with E-state index in [0.717, 1.165) is 51.7 Å². The van der Waals surface area contributed by atoms with Gasteiger partial charge in [0.25, 0.3) is 0 Å². The number of amides is 1. The second kappa shape index (κ2) is 3.66. The Morgan fingerprint density at radius 1 is 1.00 bits per heavy atom. The Morgan fingerprint density at radius 2 is 1.77 bits per heavy atom. The maximum absolute atomic E-state index is 11.8. The Bertz CT molecular complexity index is 195. The van der Waals surface area contributed by atoms with E-state index in [1.807, 2.05) is 0 Å². The number of nitrogens with one attached hydrogen (secondary N) is 2. The Morgan fingerprint density at radius 3 is 2.62 bits per heavy atom. The highest BCUT2D eigenvalue weighted by Crippen LogP contribution is 2.36. The monoisotopic (exact) mass is 182 g/mol. The van der Waals surface area contributed by atoms with Crippen LogP contribution in [0.15, 0.2) is 0 Å². The standard InChI is InChI=1S/C10H18N2O/c13-9-10(4-2-7-12-9)3-1-6-11-8-5-10/h11H,1-8H2,(H,12,13). The average molecular weight is 182 g/mol. The van der Waals surface area contributed by atoms with Crippen LogP contribution in [-0.2, 0) is 4.79 Å². The lowest BCUT2D eigenvalue weighted by atomic mass is 9.74. The fraction of sp³-hybridized carbons (Fsp3) is 0.900. The molecule has 1 atom stereocenters. The average Bonchev–Trinajstić information content (AvgIpc) is 2.37. The van der Waals surface area contributed by atoms with Gasteiger partial charge < -0.3 is 10.6 Å². The van der Waals surface area contributed by atoms with E-state index in [1.165, 1.54) is 0 Å². The highest BCUT2D eigenvalue weighted by atomic mass is 16.2. The Labute approximate surface area is 79.3 Å². The smallest absolute Gasteiger partial charge is 0.226 e. The third kappa shape index (κ3) is 1.70. The molecule has 2 fully saturated rings. The van der Waals surface area contributed by atoms with E-state index in [-0.39, 0.29) is 5.41 Å². The van der Waals surface area contributed by atoms with E-state index in [4.69, 9.17) is 0 Å². The molecule has 1 unspecified atom stereocenters. The third-order valence-corrected chi connectivity index (χ3v) is 3.39. The number of carbonyl (C=O) groups is 1. The summed E-state index contributed by atoms with van der Waals surface area (Å²) < 4.78 is 0. The molecule has 2 aliphatic heterocycles. The van der Waals surface area contributed by atoms with Crippen LogP contribution in [0.1, 0.15) is 32.1 Å². The summed E-state index contributed by atoms with van der Waals surface area (Å²) in [5.74, 6) is 0.308. The largest absolute Gasteiger partial charge is 0.356 e. The molecule has 0 radical (unpaired) electrons. The third-order valence-electron chi connectivity index (χ3n) is 3.39. The maximum atomic E-state index is 11.8. The molecule has 74 valence electrons. The van der Waals surface area contributed by atoms with Gasteiger partial charge >= 0.3 is 0 Å². The van der Waals surface area contributed by atoms with Crippen LogP contribution >= 0.6 is 0 Å². The molecule has 0 bridgehead atoms. The first-order valence-corrected chi connectivity index (χ1v) is 5.33. The van der Waals surface area contributed by atoms with Crippen LogP contribution in [0, 0.1) is 5.41 Å². The second-order valence-electron chi connectivity index (χ2n) is 4.24. The number of rotatable bonds is 0. The molecule has 2 rings (SSSR count). The predicted molar refractivity (Wildman–Crippen MR) is 51.4 cm³/mol. The zero-order valence-electron chi connectivity index (χ0n) is 8.07. The Hall–Kier alpha value is -0.570. The molecule has 13 heavy (non-hydrogen) atoms. The lowest BCUT2D eigenvalue weighted by Crippen LogP contribution is -2.46. The molecular formula is C10H18N2O. The van der Waals surface area contributed by atoms with Gasteiger partial charge in [0.05, 0.1) is 5.41 Å². The van der Waals surface area contributed by atoms with E-state index in [0.29, 0.717) is 5.91 Å². The minimum Gasteiger partial charge on any atom is -0.356 e. The first kappa shape index (κ1) is 9.00. The summed E-state index contributed by atoms with van der Waals surface area (Å²) in [7, 11) is 0. The summed E-state index contributed by atoms with van der Waals surface area (Å²) in [5.41, 5.74) is -0.0122. The van der Waals surface area contributed by atoms with Crippen molar-refractivity contribution >= 4 is 5.91 Å². The van der Waals surface area contributed by atoms with Crippen molar-refractivity contribution in [2.45, 2.75) is 32.1 Å². The summed E-state index contributed by atoms with van der Waals surface area (Å²) in [4.78, 5) is 11.8. The SMILES string of the molecule is O=C1NCCCC12CCCNCC2. The number of piperidine rings is 1. The highest BCUT2D eigenvalue weighted by molar-refractivity contribution is 5.83. The van der Waals surface area contributed by atoms with Gasteiger partial charge in [-0.25, -0.2) is 0 Å². The topological polar surface area (TPSA) is 41.1 Å². The van der Waals surface area contributed by atoms with Gasteiger partial charge in [-0.2, -0.15) is 0 Å². The van der Waals surface area contributed by atoms with E-state index in [1.54, 1.807) is 0 Å². The molecule has 1 amide bonds. The van der Waals surface area contributed by atoms with Gasteiger partial charge in [0.15, 0.2) is 0 Å². The first-order valence-electron chi connectivity index (χ1n) is 5.33. The summed E-state index contributed by atoms with van der Waals surface area (Å²) >= 11 is 0. The fourth-order valence-electron chi connectivity index (χ4n) is 2.54. The summed E-state index contributed by atoms with van der Waals surface area (Å²) in [6, 6.07) is 0. The van der Waals surface area contributed by atoms with Crippen LogP contribution < -0.4 is 10.6 Å². The molecule has 3 nitrogen and oxygen atoms in total. The van der Waals surface area contributed by atoms with Gasteiger partial charge in [-0.3, -0.25) is 4.79 Å². The quantitative estimate of drug-likeness (QED) is 0.577. The van der Waals surface area contributed by atoms with Crippen molar-refractivity contribution in [3.8, 4) is 0 Å². The number of hydrogen-bond acceptors (Lipinski definition) is 2. The molecule has 2 N–H and O–H groups in total. The van der Waals surface area contributed by atoms with Crippen LogP contribution in [0.2, 0.25) is 0 Å². The zero-order valence-corrected chi connectivity index (χ0v) is 8.07. The first-order chi connectivity index (χ1) is 6.33. The van der Waals surface area contributed by atoms with Crippen LogP contribution in [-0.4, -0.2) is 25.5 Å². The molecule has 0 aromatic heterocycles. The Balaban J connectivity index is 2.09. The summed E-state index contributed by atoms with van der Waals surface area (Å²) in [5, 5.41) is 6.36. The lowest BCUT2D eigenvalue weighted by Gasteiger charge is -2.34. The van der Waals surface area contributed by atoms with Gasteiger partial charge in [-0.1, -0.05) is 0 Å². The molecule has 1 spiro atoms. The lowest BCUT2D eigenvalue weighted by molar-refractivity contribution is -0.134. The van der Waals surface area contributed by atoms with Crippen molar-refractivity contribution < 1.29 is 4.79 Å². The molecule has 0 aliphatic carbocycles. The van der Waals surface area contributed by atoms with Crippen molar-refractivity contribution in [1.82, 2.24) is 10.6 Å². The molecule has 2 saturated heterocycles. The fourth-order valence-corrected chi connectivity index (χ4v) is 2.54. The van der Waals surface area contributed by atoms with E-state index in [9.17, 15) is 4.79 Å². The predicted octanol–water partition coefficient (Wildman–Crippen LogP) is 0.656. The van der Waals surface area contributed by atoms with Crippen molar-refractivity contribution in [3.63, 3.8) is 0 Å². The van der Waals surface area contributed by atoms with E-state index in [2.05, 4.69) is 10.6 Å². The maximum Gasteiger partial charge on any atom is 0.226 e. The molecule has 0 saturated carbocycles. The van der Waals surface area contributed by atoms with Crippen LogP contribution in [0.25, 0.3) is 0 Å². The van der Waals surface area contributed by atoms with Gasteiger partial charge in [0.2, 0.25) is 5.91 Å². The summed E-state index contributed by atoms with van der Waals surface area (Å²) in [6.07, 6.45) is 5.50. The minimum absolute atomic E-state index is 0.0122. The summed E-state index contributed by atoms with van der Waals surface area (Å²) in [6.45, 7) is 2.97. The van der Waals surface area contributed by atoms with Gasteiger partial charge in [0.1, 0.15) is 0 Å². The van der Waals surface area contributed by atoms with Crippen LogP contribution in [0.3, 0.4) is 0 Å². The van der Waals surface area contributed by atoms with Gasteiger partial charge in [-0.15, -0.1) is 0 Å². The normalized spacial score (nSPS) is 35.5. The highest BCUT2D eigenvalue weighted by Gasteiger charge is 2.39. The van der Waals surface area contributed by atoms with Crippen molar-refractivity contribution in [1.29, 1.82) is 0 Å². The van der Waals surface area contributed by atoms with E-state index < -0.39 is 0 Å².